The zero-order valence-corrected chi connectivity index (χ0v) is 10.7. The van der Waals surface area contributed by atoms with E-state index < -0.39 is 10.0 Å². The van der Waals surface area contributed by atoms with Gasteiger partial charge in [-0.1, -0.05) is 15.9 Å². The molecule has 1 rings (SSSR count). The van der Waals surface area contributed by atoms with Gasteiger partial charge in [0.25, 0.3) is 0 Å². The third kappa shape index (κ3) is 5.15. The van der Waals surface area contributed by atoms with Crippen molar-refractivity contribution in [2.75, 3.05) is 17.6 Å². The van der Waals surface area contributed by atoms with Gasteiger partial charge in [-0.25, -0.2) is 13.6 Å². The molecule has 0 aliphatic rings. The average Bonchev–Trinajstić information content (AvgIpc) is 1.99. The Hall–Kier alpha value is -0.590. The van der Waals surface area contributed by atoms with Crippen molar-refractivity contribution in [2.45, 2.75) is 6.92 Å². The van der Waals surface area contributed by atoms with E-state index in [1.54, 1.807) is 0 Å². The van der Waals surface area contributed by atoms with Crippen LogP contribution in [0.15, 0.2) is 22.7 Å². The van der Waals surface area contributed by atoms with Crippen molar-refractivity contribution in [3.05, 3.63) is 28.2 Å². The summed E-state index contributed by atoms with van der Waals surface area (Å²) in [6.07, 6.45) is 0. The quantitative estimate of drug-likeness (QED) is 0.882. The molecule has 0 heterocycles. The SMILES string of the molecule is Cc1cc(Br)cc(NCCS(N)(=O)=O)c1. The first-order valence-corrected chi connectivity index (χ1v) is 6.89. The Labute approximate surface area is 98.0 Å². The predicted molar refractivity (Wildman–Crippen MR) is 65.3 cm³/mol. The third-order valence-electron chi connectivity index (χ3n) is 1.76. The van der Waals surface area contributed by atoms with Crippen LogP contribution in [0.5, 0.6) is 0 Å². The fourth-order valence-electron chi connectivity index (χ4n) is 1.18. The van der Waals surface area contributed by atoms with E-state index in [9.17, 15) is 8.42 Å². The van der Waals surface area contributed by atoms with Crippen LogP contribution in [-0.4, -0.2) is 20.7 Å². The molecule has 0 saturated carbocycles. The van der Waals surface area contributed by atoms with Crippen molar-refractivity contribution >= 4 is 31.6 Å². The molecule has 3 N–H and O–H groups in total. The molecular weight excluding hydrogens is 280 g/mol. The first-order chi connectivity index (χ1) is 6.87. The highest BCUT2D eigenvalue weighted by molar-refractivity contribution is 9.10. The summed E-state index contributed by atoms with van der Waals surface area (Å²) in [5, 5.41) is 7.88. The lowest BCUT2D eigenvalue weighted by Gasteiger charge is -2.07. The van der Waals surface area contributed by atoms with Gasteiger partial charge in [0, 0.05) is 16.7 Å². The lowest BCUT2D eigenvalue weighted by Crippen LogP contribution is -2.22. The van der Waals surface area contributed by atoms with E-state index >= 15 is 0 Å². The lowest BCUT2D eigenvalue weighted by atomic mass is 10.2. The number of primary sulfonamides is 1. The minimum absolute atomic E-state index is 0.0709. The second-order valence-corrected chi connectivity index (χ2v) is 5.96. The summed E-state index contributed by atoms with van der Waals surface area (Å²) in [7, 11) is -3.39. The molecule has 0 radical (unpaired) electrons. The minimum atomic E-state index is -3.39. The van der Waals surface area contributed by atoms with Crippen LogP contribution in [0.3, 0.4) is 0 Å². The Morgan fingerprint density at radius 1 is 1.40 bits per heavy atom. The summed E-state index contributed by atoms with van der Waals surface area (Å²) in [6.45, 7) is 2.28. The fraction of sp³-hybridized carbons (Fsp3) is 0.333. The van der Waals surface area contributed by atoms with Gasteiger partial charge in [-0.2, -0.15) is 0 Å². The predicted octanol–water partition coefficient (Wildman–Crippen LogP) is 1.46. The van der Waals surface area contributed by atoms with Gasteiger partial charge in [-0.3, -0.25) is 0 Å². The molecular formula is C9H13BrN2O2S. The zero-order chi connectivity index (χ0) is 11.5. The highest BCUT2D eigenvalue weighted by atomic mass is 79.9. The Morgan fingerprint density at radius 3 is 2.60 bits per heavy atom. The van der Waals surface area contributed by atoms with Gasteiger partial charge >= 0.3 is 0 Å². The Bertz CT molecular complexity index is 425. The summed E-state index contributed by atoms with van der Waals surface area (Å²) in [6, 6.07) is 5.80. The molecule has 1 aromatic rings. The number of benzene rings is 1. The largest absolute Gasteiger partial charge is 0.384 e. The molecule has 1 aromatic carbocycles. The molecule has 0 amide bonds. The third-order valence-corrected chi connectivity index (χ3v) is 2.99. The van der Waals surface area contributed by atoms with Crippen molar-refractivity contribution in [1.29, 1.82) is 0 Å². The van der Waals surface area contributed by atoms with Crippen LogP contribution in [0.2, 0.25) is 0 Å². The monoisotopic (exact) mass is 292 g/mol. The first-order valence-electron chi connectivity index (χ1n) is 4.38. The van der Waals surface area contributed by atoms with Gasteiger partial charge in [-0.05, 0) is 30.7 Å². The van der Waals surface area contributed by atoms with Crippen molar-refractivity contribution in [2.24, 2.45) is 5.14 Å². The molecule has 0 aliphatic heterocycles. The van der Waals surface area contributed by atoms with E-state index in [4.69, 9.17) is 5.14 Å². The van der Waals surface area contributed by atoms with Crippen LogP contribution in [0, 0.1) is 6.92 Å². The van der Waals surface area contributed by atoms with Crippen molar-refractivity contribution in [1.82, 2.24) is 0 Å². The molecule has 0 fully saturated rings. The molecule has 0 bridgehead atoms. The fourth-order valence-corrected chi connectivity index (χ4v) is 2.17. The smallest absolute Gasteiger partial charge is 0.210 e. The second-order valence-electron chi connectivity index (χ2n) is 3.31. The molecule has 6 heteroatoms. The van der Waals surface area contributed by atoms with E-state index in [1.807, 2.05) is 25.1 Å². The number of hydrogen-bond donors (Lipinski definition) is 2. The van der Waals surface area contributed by atoms with Crippen LogP contribution >= 0.6 is 15.9 Å². The lowest BCUT2D eigenvalue weighted by molar-refractivity contribution is 0.598. The van der Waals surface area contributed by atoms with E-state index in [0.717, 1.165) is 15.7 Å². The number of rotatable bonds is 4. The second kappa shape index (κ2) is 4.96. The summed E-state index contributed by atoms with van der Waals surface area (Å²) in [5.41, 5.74) is 1.98. The Balaban J connectivity index is 2.58. The van der Waals surface area contributed by atoms with E-state index in [0.29, 0.717) is 6.54 Å². The van der Waals surface area contributed by atoms with Crippen molar-refractivity contribution < 1.29 is 8.42 Å². The zero-order valence-electron chi connectivity index (χ0n) is 8.33. The number of halogens is 1. The number of aryl methyl sites for hydroxylation is 1. The number of nitrogens with two attached hydrogens (primary N) is 1. The van der Waals surface area contributed by atoms with Gasteiger partial charge < -0.3 is 5.32 Å². The number of hydrogen-bond acceptors (Lipinski definition) is 3. The van der Waals surface area contributed by atoms with Gasteiger partial charge in [-0.15, -0.1) is 0 Å². The van der Waals surface area contributed by atoms with Crippen molar-refractivity contribution in [3.8, 4) is 0 Å². The molecule has 0 spiro atoms. The maximum atomic E-state index is 10.7. The number of nitrogens with one attached hydrogen (secondary N) is 1. The topological polar surface area (TPSA) is 72.2 Å². The summed E-state index contributed by atoms with van der Waals surface area (Å²) < 4.78 is 22.3. The highest BCUT2D eigenvalue weighted by Crippen LogP contribution is 2.18. The van der Waals surface area contributed by atoms with Gasteiger partial charge in [0.2, 0.25) is 10.0 Å². The standard InChI is InChI=1S/C9H13BrN2O2S/c1-7-4-8(10)6-9(5-7)12-2-3-15(11,13)14/h4-6,12H,2-3H2,1H3,(H2,11,13,14). The van der Waals surface area contributed by atoms with Crippen LogP contribution in [0.1, 0.15) is 5.56 Å². The molecule has 84 valence electrons. The van der Waals surface area contributed by atoms with E-state index in [-0.39, 0.29) is 5.75 Å². The molecule has 4 nitrogen and oxygen atoms in total. The average molecular weight is 293 g/mol. The summed E-state index contributed by atoms with van der Waals surface area (Å²) in [5.74, 6) is -0.0709. The Morgan fingerprint density at radius 2 is 2.07 bits per heavy atom. The number of anilines is 1. The van der Waals surface area contributed by atoms with Crippen LogP contribution in [0.4, 0.5) is 5.69 Å². The van der Waals surface area contributed by atoms with Gasteiger partial charge in [0.1, 0.15) is 0 Å². The summed E-state index contributed by atoms with van der Waals surface area (Å²) in [4.78, 5) is 0. The van der Waals surface area contributed by atoms with Gasteiger partial charge in [0.05, 0.1) is 5.75 Å². The molecule has 0 aliphatic carbocycles. The number of sulfonamides is 1. The molecule has 15 heavy (non-hydrogen) atoms. The van der Waals surface area contributed by atoms with Crippen molar-refractivity contribution in [3.63, 3.8) is 0 Å². The summed E-state index contributed by atoms with van der Waals surface area (Å²) >= 11 is 3.36. The van der Waals surface area contributed by atoms with E-state index in [2.05, 4.69) is 21.2 Å². The Kier molecular flexibility index (Phi) is 4.12. The van der Waals surface area contributed by atoms with Crippen LogP contribution in [-0.2, 0) is 10.0 Å². The maximum absolute atomic E-state index is 10.7. The maximum Gasteiger partial charge on any atom is 0.210 e. The van der Waals surface area contributed by atoms with Crippen LogP contribution in [0.25, 0.3) is 0 Å². The normalized spacial score (nSPS) is 11.4. The van der Waals surface area contributed by atoms with Gasteiger partial charge in [0.15, 0.2) is 0 Å². The molecule has 0 atom stereocenters. The molecule has 0 saturated heterocycles. The highest BCUT2D eigenvalue weighted by Gasteiger charge is 2.02. The minimum Gasteiger partial charge on any atom is -0.384 e. The first kappa shape index (κ1) is 12.5. The molecule has 0 aromatic heterocycles. The van der Waals surface area contributed by atoms with E-state index in [1.165, 1.54) is 0 Å². The molecule has 0 unspecified atom stereocenters. The van der Waals surface area contributed by atoms with Crippen LogP contribution < -0.4 is 10.5 Å².